The van der Waals surface area contributed by atoms with E-state index in [1.54, 1.807) is 0 Å². The summed E-state index contributed by atoms with van der Waals surface area (Å²) < 4.78 is 28.5. The Morgan fingerprint density at radius 1 is 1.38 bits per heavy atom. The molecule has 0 saturated heterocycles. The molecule has 96 valence electrons. The van der Waals surface area contributed by atoms with Gasteiger partial charge in [0.25, 0.3) is 0 Å². The number of rotatable bonds is 6. The number of ether oxygens (including phenoxy) is 1. The second-order valence-corrected chi connectivity index (χ2v) is 6.81. The molecule has 1 saturated carbocycles. The summed E-state index contributed by atoms with van der Waals surface area (Å²) in [6.45, 7) is 4.17. The molecule has 16 heavy (non-hydrogen) atoms. The Balaban J connectivity index is 2.51. The molecule has 0 heterocycles. The molecule has 0 amide bonds. The zero-order valence-electron chi connectivity index (χ0n) is 10.5. The maximum Gasteiger partial charge on any atom is 0.151 e. The van der Waals surface area contributed by atoms with Gasteiger partial charge in [0.15, 0.2) is 9.84 Å². The Morgan fingerprint density at radius 2 is 2.06 bits per heavy atom. The molecule has 0 aliphatic heterocycles. The molecule has 0 radical (unpaired) electrons. The van der Waals surface area contributed by atoms with Crippen molar-refractivity contribution < 1.29 is 13.2 Å². The van der Waals surface area contributed by atoms with Gasteiger partial charge in [-0.15, -0.1) is 0 Å². The molecule has 1 rings (SSSR count). The van der Waals surface area contributed by atoms with Gasteiger partial charge in [0, 0.05) is 25.4 Å². The molecule has 2 unspecified atom stereocenters. The number of hydrogen-bond acceptors (Lipinski definition) is 4. The molecular formula is C11H23NO3S. The first-order valence-electron chi connectivity index (χ1n) is 5.93. The van der Waals surface area contributed by atoms with E-state index in [-0.39, 0.29) is 11.3 Å². The number of sulfone groups is 1. The predicted octanol–water partition coefficient (Wildman–Crippen LogP) is 0.920. The van der Waals surface area contributed by atoms with Gasteiger partial charge in [0.05, 0.1) is 11.9 Å². The Hall–Kier alpha value is -0.130. The van der Waals surface area contributed by atoms with Crippen LogP contribution in [0, 0.1) is 0 Å². The molecule has 0 spiro atoms. The van der Waals surface area contributed by atoms with Crippen LogP contribution in [0.1, 0.15) is 26.2 Å². The fourth-order valence-electron chi connectivity index (χ4n) is 2.43. The molecule has 1 aliphatic rings. The number of hydrogen-bond donors (Lipinski definition) is 0. The monoisotopic (exact) mass is 249 g/mol. The third-order valence-corrected chi connectivity index (χ3v) is 4.98. The minimum absolute atomic E-state index is 0.176. The highest BCUT2D eigenvalue weighted by Crippen LogP contribution is 2.28. The highest BCUT2D eigenvalue weighted by molar-refractivity contribution is 7.91. The average Bonchev–Trinajstić information content (AvgIpc) is 2.65. The molecule has 1 fully saturated rings. The van der Waals surface area contributed by atoms with Gasteiger partial charge >= 0.3 is 0 Å². The topological polar surface area (TPSA) is 46.6 Å². The van der Waals surface area contributed by atoms with E-state index in [1.165, 1.54) is 6.26 Å². The summed E-state index contributed by atoms with van der Waals surface area (Å²) in [4.78, 5) is 2.13. The highest BCUT2D eigenvalue weighted by atomic mass is 32.2. The normalized spacial score (nSPS) is 26.5. The maximum atomic E-state index is 11.6. The quantitative estimate of drug-likeness (QED) is 0.657. The van der Waals surface area contributed by atoms with Crippen LogP contribution >= 0.6 is 0 Å². The fourth-order valence-corrected chi connectivity index (χ4v) is 3.94. The zero-order chi connectivity index (χ0) is 12.2. The van der Waals surface area contributed by atoms with Crippen molar-refractivity contribution in [2.45, 2.75) is 37.5 Å². The smallest absolute Gasteiger partial charge is 0.151 e. The lowest BCUT2D eigenvalue weighted by Gasteiger charge is -2.28. The van der Waals surface area contributed by atoms with Crippen LogP contribution in [-0.2, 0) is 14.6 Å². The molecule has 0 N–H and O–H groups in total. The van der Waals surface area contributed by atoms with Crippen molar-refractivity contribution in [3.05, 3.63) is 0 Å². The largest absolute Gasteiger partial charge is 0.380 e. The molecule has 0 aromatic heterocycles. The lowest BCUT2D eigenvalue weighted by Crippen LogP contribution is -2.42. The van der Waals surface area contributed by atoms with Crippen molar-refractivity contribution in [2.24, 2.45) is 0 Å². The van der Waals surface area contributed by atoms with Crippen molar-refractivity contribution in [1.82, 2.24) is 4.90 Å². The SMILES string of the molecule is CCOCCN(C)C1CCCC1S(C)(=O)=O. The first kappa shape index (κ1) is 13.9. The first-order chi connectivity index (χ1) is 7.46. The van der Waals surface area contributed by atoms with Crippen LogP contribution in [0.25, 0.3) is 0 Å². The van der Waals surface area contributed by atoms with Gasteiger partial charge in [-0.3, -0.25) is 4.90 Å². The van der Waals surface area contributed by atoms with Crippen LogP contribution in [0.15, 0.2) is 0 Å². The summed E-state index contributed by atoms with van der Waals surface area (Å²) in [6, 6.07) is 0.176. The predicted molar refractivity (Wildman–Crippen MR) is 65.4 cm³/mol. The van der Waals surface area contributed by atoms with Crippen LogP contribution in [0.2, 0.25) is 0 Å². The van der Waals surface area contributed by atoms with Crippen LogP contribution in [-0.4, -0.2) is 57.7 Å². The Labute approximate surface area is 98.9 Å². The summed E-state index contributed by atoms with van der Waals surface area (Å²) in [7, 11) is -0.917. The standard InChI is InChI=1S/C11H23NO3S/c1-4-15-9-8-12(2)10-6-5-7-11(10)16(3,13)14/h10-11H,4-9H2,1-3H3. The third kappa shape index (κ3) is 3.71. The Bertz CT molecular complexity index is 302. The van der Waals surface area contributed by atoms with Crippen molar-refractivity contribution >= 4 is 9.84 Å². The Kier molecular flexibility index (Phi) is 5.21. The number of nitrogens with zero attached hydrogens (tertiary/aromatic N) is 1. The van der Waals surface area contributed by atoms with E-state index in [4.69, 9.17) is 4.74 Å². The van der Waals surface area contributed by atoms with Crippen molar-refractivity contribution in [3.8, 4) is 0 Å². The van der Waals surface area contributed by atoms with Gasteiger partial charge in [0.2, 0.25) is 0 Å². The van der Waals surface area contributed by atoms with Gasteiger partial charge in [-0.25, -0.2) is 8.42 Å². The summed E-state index contributed by atoms with van der Waals surface area (Å²) in [5.74, 6) is 0. The van der Waals surface area contributed by atoms with Crippen molar-refractivity contribution in [1.29, 1.82) is 0 Å². The zero-order valence-corrected chi connectivity index (χ0v) is 11.3. The van der Waals surface area contributed by atoms with Crippen LogP contribution in [0.3, 0.4) is 0 Å². The molecule has 0 bridgehead atoms. The van der Waals surface area contributed by atoms with Crippen LogP contribution < -0.4 is 0 Å². The van der Waals surface area contributed by atoms with Crippen LogP contribution in [0.4, 0.5) is 0 Å². The lowest BCUT2D eigenvalue weighted by atomic mass is 10.2. The second-order valence-electron chi connectivity index (χ2n) is 4.54. The molecule has 2 atom stereocenters. The minimum atomic E-state index is -2.91. The maximum absolute atomic E-state index is 11.6. The van der Waals surface area contributed by atoms with Gasteiger partial charge in [-0.05, 0) is 26.8 Å². The molecule has 0 aromatic rings. The van der Waals surface area contributed by atoms with Crippen LogP contribution in [0.5, 0.6) is 0 Å². The van der Waals surface area contributed by atoms with Gasteiger partial charge in [-0.1, -0.05) is 6.42 Å². The minimum Gasteiger partial charge on any atom is -0.380 e. The summed E-state index contributed by atoms with van der Waals surface area (Å²) in [5, 5.41) is -0.181. The van der Waals surface area contributed by atoms with E-state index >= 15 is 0 Å². The van der Waals surface area contributed by atoms with E-state index in [9.17, 15) is 8.42 Å². The molecule has 0 aromatic carbocycles. The average molecular weight is 249 g/mol. The Morgan fingerprint density at radius 3 is 2.62 bits per heavy atom. The molecule has 5 heteroatoms. The fraction of sp³-hybridized carbons (Fsp3) is 1.00. The van der Waals surface area contributed by atoms with E-state index < -0.39 is 9.84 Å². The van der Waals surface area contributed by atoms with Gasteiger partial charge in [-0.2, -0.15) is 0 Å². The van der Waals surface area contributed by atoms with E-state index in [1.807, 2.05) is 14.0 Å². The summed E-state index contributed by atoms with van der Waals surface area (Å²) >= 11 is 0. The summed E-state index contributed by atoms with van der Waals surface area (Å²) in [5.41, 5.74) is 0. The van der Waals surface area contributed by atoms with E-state index in [2.05, 4.69) is 4.90 Å². The van der Waals surface area contributed by atoms with Gasteiger partial charge in [0.1, 0.15) is 0 Å². The van der Waals surface area contributed by atoms with E-state index in [0.717, 1.165) is 25.8 Å². The van der Waals surface area contributed by atoms with Crippen molar-refractivity contribution in [2.75, 3.05) is 33.1 Å². The lowest BCUT2D eigenvalue weighted by molar-refractivity contribution is 0.108. The highest BCUT2D eigenvalue weighted by Gasteiger charge is 2.36. The summed E-state index contributed by atoms with van der Waals surface area (Å²) in [6.07, 6.45) is 4.16. The van der Waals surface area contributed by atoms with Gasteiger partial charge < -0.3 is 4.74 Å². The van der Waals surface area contributed by atoms with Crippen molar-refractivity contribution in [3.63, 3.8) is 0 Å². The third-order valence-electron chi connectivity index (χ3n) is 3.33. The molecule has 4 nitrogen and oxygen atoms in total. The van der Waals surface area contributed by atoms with E-state index in [0.29, 0.717) is 13.2 Å². The molecular weight excluding hydrogens is 226 g/mol. The second kappa shape index (κ2) is 5.98. The molecule has 1 aliphatic carbocycles. The first-order valence-corrected chi connectivity index (χ1v) is 7.89. The number of likely N-dealkylation sites (N-methyl/N-ethyl adjacent to an activating group) is 1.